The zero-order chi connectivity index (χ0) is 19.6. The number of benzene rings is 1. The molecule has 1 saturated heterocycles. The van der Waals surface area contributed by atoms with Crippen molar-refractivity contribution < 1.29 is 29.9 Å². The highest BCUT2D eigenvalue weighted by molar-refractivity contribution is 5.91. The van der Waals surface area contributed by atoms with E-state index in [1.54, 1.807) is 18.2 Å². The molecule has 9 nitrogen and oxygen atoms in total. The molecule has 150 valence electrons. The van der Waals surface area contributed by atoms with E-state index >= 15 is 0 Å². The van der Waals surface area contributed by atoms with Crippen molar-refractivity contribution >= 4 is 12.0 Å². The minimum Gasteiger partial charge on any atom is -0.504 e. The van der Waals surface area contributed by atoms with Crippen LogP contribution in [0.3, 0.4) is 0 Å². The molecule has 2 rings (SSSR count). The molecule has 1 fully saturated rings. The SMILES string of the molecule is COc1cc(/C=C/C(=O)NCN2CCC(CCON(O)O)CC2)ccc1O. The number of piperidine rings is 1. The van der Waals surface area contributed by atoms with Gasteiger partial charge in [-0.25, -0.2) is 0 Å². The summed E-state index contributed by atoms with van der Waals surface area (Å²) in [5.74, 6) is 0.695. The van der Waals surface area contributed by atoms with Crippen LogP contribution in [-0.2, 0) is 9.63 Å². The van der Waals surface area contributed by atoms with Crippen LogP contribution in [0.5, 0.6) is 11.5 Å². The van der Waals surface area contributed by atoms with Crippen LogP contribution in [0.25, 0.3) is 6.08 Å². The monoisotopic (exact) mass is 381 g/mol. The molecule has 1 aromatic carbocycles. The number of carbonyl (C=O) groups excluding carboxylic acids is 1. The maximum atomic E-state index is 12.0. The summed E-state index contributed by atoms with van der Waals surface area (Å²) < 4.78 is 5.04. The average Bonchev–Trinajstić information content (AvgIpc) is 2.66. The third kappa shape index (κ3) is 7.53. The number of hydrogen-bond donors (Lipinski definition) is 4. The summed E-state index contributed by atoms with van der Waals surface area (Å²) in [6.45, 7) is 2.48. The molecule has 9 heteroatoms. The van der Waals surface area contributed by atoms with Gasteiger partial charge in [-0.15, -0.1) is 0 Å². The molecule has 0 aromatic heterocycles. The second-order valence-electron chi connectivity index (χ2n) is 6.40. The molecule has 1 heterocycles. The van der Waals surface area contributed by atoms with Gasteiger partial charge in [0.2, 0.25) is 5.91 Å². The second kappa shape index (κ2) is 10.9. The number of phenols is 1. The molecular formula is C18H27N3O6. The predicted molar refractivity (Wildman–Crippen MR) is 97.0 cm³/mol. The normalized spacial score (nSPS) is 16.1. The Kier molecular flexibility index (Phi) is 8.49. The third-order valence-electron chi connectivity index (χ3n) is 4.55. The standard InChI is InChI=1S/C18H27N3O6/c1-26-17-12-15(2-4-16(17)22)3-5-18(23)19-13-20-9-6-14(7-10-20)8-11-27-21(24)25/h2-5,12,14,22,24-25H,6-11,13H2,1H3,(H,19,23)/b5-3+. The van der Waals surface area contributed by atoms with Gasteiger partial charge in [-0.2, -0.15) is 0 Å². The molecule has 0 spiro atoms. The molecule has 0 unspecified atom stereocenters. The fourth-order valence-corrected chi connectivity index (χ4v) is 2.95. The summed E-state index contributed by atoms with van der Waals surface area (Å²) in [5.41, 5.74) is 0.757. The Morgan fingerprint density at radius 3 is 2.78 bits per heavy atom. The molecule has 4 N–H and O–H groups in total. The van der Waals surface area contributed by atoms with E-state index in [9.17, 15) is 9.90 Å². The van der Waals surface area contributed by atoms with E-state index in [0.717, 1.165) is 37.9 Å². The molecule has 27 heavy (non-hydrogen) atoms. The molecule has 1 aromatic rings. The smallest absolute Gasteiger partial charge is 0.245 e. The van der Waals surface area contributed by atoms with E-state index in [2.05, 4.69) is 15.1 Å². The van der Waals surface area contributed by atoms with Crippen molar-refractivity contribution in [1.29, 1.82) is 0 Å². The van der Waals surface area contributed by atoms with E-state index in [4.69, 9.17) is 15.2 Å². The number of nitrogens with one attached hydrogen (secondary N) is 1. The van der Waals surface area contributed by atoms with E-state index < -0.39 is 0 Å². The van der Waals surface area contributed by atoms with Crippen LogP contribution >= 0.6 is 0 Å². The maximum Gasteiger partial charge on any atom is 0.245 e. The van der Waals surface area contributed by atoms with Crippen molar-refractivity contribution in [1.82, 2.24) is 15.6 Å². The fraction of sp³-hybridized carbons (Fsp3) is 0.500. The lowest BCUT2D eigenvalue weighted by atomic mass is 9.94. The minimum absolute atomic E-state index is 0.0547. The van der Waals surface area contributed by atoms with E-state index in [-0.39, 0.29) is 23.7 Å². The van der Waals surface area contributed by atoms with Crippen LogP contribution in [0, 0.1) is 5.92 Å². The Hall–Kier alpha value is -2.17. The molecule has 0 bridgehead atoms. The predicted octanol–water partition coefficient (Wildman–Crippen LogP) is 1.60. The third-order valence-corrected chi connectivity index (χ3v) is 4.55. The molecule has 0 aliphatic carbocycles. The minimum atomic E-state index is -0.258. The van der Waals surface area contributed by atoms with Crippen molar-refractivity contribution in [2.24, 2.45) is 5.92 Å². The topological polar surface area (TPSA) is 115 Å². The molecule has 1 aliphatic rings. The Balaban J connectivity index is 1.67. The second-order valence-corrected chi connectivity index (χ2v) is 6.40. The summed E-state index contributed by atoms with van der Waals surface area (Å²) in [5, 5.41) is 29.2. The van der Waals surface area contributed by atoms with Crippen LogP contribution in [0.1, 0.15) is 24.8 Å². The average molecular weight is 381 g/mol. The Morgan fingerprint density at radius 1 is 1.37 bits per heavy atom. The Morgan fingerprint density at radius 2 is 2.11 bits per heavy atom. The van der Waals surface area contributed by atoms with Crippen LogP contribution in [-0.4, -0.2) is 65.2 Å². The van der Waals surface area contributed by atoms with Gasteiger partial charge in [0.15, 0.2) is 11.5 Å². The fourth-order valence-electron chi connectivity index (χ4n) is 2.95. The molecule has 1 amide bonds. The van der Waals surface area contributed by atoms with Crippen molar-refractivity contribution in [3.63, 3.8) is 0 Å². The highest BCUT2D eigenvalue weighted by Gasteiger charge is 2.19. The van der Waals surface area contributed by atoms with Gasteiger partial charge in [-0.1, -0.05) is 6.07 Å². The summed E-state index contributed by atoms with van der Waals surface area (Å²) >= 11 is 0. The van der Waals surface area contributed by atoms with E-state index in [1.807, 2.05) is 0 Å². The lowest BCUT2D eigenvalue weighted by molar-refractivity contribution is -0.492. The zero-order valence-corrected chi connectivity index (χ0v) is 15.4. The van der Waals surface area contributed by atoms with Gasteiger partial charge in [-0.05, 0) is 49.0 Å². The lowest BCUT2D eigenvalue weighted by Crippen LogP contribution is -2.41. The van der Waals surface area contributed by atoms with Gasteiger partial charge < -0.3 is 15.2 Å². The Bertz CT molecular complexity index is 630. The van der Waals surface area contributed by atoms with E-state index in [1.165, 1.54) is 19.3 Å². The summed E-state index contributed by atoms with van der Waals surface area (Å²) in [7, 11) is 1.47. The summed E-state index contributed by atoms with van der Waals surface area (Å²) in [6.07, 6.45) is 5.82. The molecular weight excluding hydrogens is 354 g/mol. The zero-order valence-electron chi connectivity index (χ0n) is 15.4. The molecule has 0 radical (unpaired) electrons. The number of nitrogens with zero attached hydrogens (tertiary/aromatic N) is 2. The van der Waals surface area contributed by atoms with Gasteiger partial charge >= 0.3 is 0 Å². The first-order valence-electron chi connectivity index (χ1n) is 8.84. The first-order chi connectivity index (χ1) is 13.0. The van der Waals surface area contributed by atoms with Crippen LogP contribution in [0.2, 0.25) is 0 Å². The van der Waals surface area contributed by atoms with Crippen LogP contribution in [0.15, 0.2) is 24.3 Å². The lowest BCUT2D eigenvalue weighted by Gasteiger charge is -2.31. The first kappa shape index (κ1) is 21.1. The van der Waals surface area contributed by atoms with Gasteiger partial charge in [0.05, 0.1) is 25.8 Å². The highest BCUT2D eigenvalue weighted by atomic mass is 17.1. The number of hydrogen-bond acceptors (Lipinski definition) is 8. The van der Waals surface area contributed by atoms with Gasteiger partial charge in [0.1, 0.15) is 0 Å². The maximum absolute atomic E-state index is 12.0. The van der Waals surface area contributed by atoms with Crippen molar-refractivity contribution in [3.8, 4) is 11.5 Å². The van der Waals surface area contributed by atoms with Crippen molar-refractivity contribution in [3.05, 3.63) is 29.8 Å². The van der Waals surface area contributed by atoms with Crippen LogP contribution in [0.4, 0.5) is 0 Å². The van der Waals surface area contributed by atoms with Gasteiger partial charge in [0.25, 0.3) is 0 Å². The molecule has 1 aliphatic heterocycles. The van der Waals surface area contributed by atoms with Crippen molar-refractivity contribution in [2.75, 3.05) is 33.5 Å². The number of ether oxygens (including phenoxy) is 1. The molecule has 0 saturated carbocycles. The highest BCUT2D eigenvalue weighted by Crippen LogP contribution is 2.26. The number of carbonyl (C=O) groups is 1. The first-order valence-corrected chi connectivity index (χ1v) is 8.84. The largest absolute Gasteiger partial charge is 0.504 e. The van der Waals surface area contributed by atoms with Crippen LogP contribution < -0.4 is 10.1 Å². The van der Waals surface area contributed by atoms with Gasteiger partial charge in [0, 0.05) is 19.2 Å². The van der Waals surface area contributed by atoms with E-state index in [0.29, 0.717) is 18.3 Å². The number of amides is 1. The quantitative estimate of drug-likeness (QED) is 0.377. The molecule has 0 atom stereocenters. The number of phenolic OH excluding ortho intramolecular Hbond substituents is 1. The number of aromatic hydroxyl groups is 1. The number of likely N-dealkylation sites (tertiary alicyclic amines) is 1. The Labute approximate surface area is 158 Å². The van der Waals surface area contributed by atoms with Crippen molar-refractivity contribution in [2.45, 2.75) is 19.3 Å². The summed E-state index contributed by atoms with van der Waals surface area (Å²) in [4.78, 5) is 18.7. The van der Waals surface area contributed by atoms with Gasteiger partial charge in [-0.3, -0.25) is 24.9 Å². The number of methoxy groups -OCH3 is 1. The summed E-state index contributed by atoms with van der Waals surface area (Å²) in [6, 6.07) is 4.87. The number of rotatable bonds is 9.